The summed E-state index contributed by atoms with van der Waals surface area (Å²) in [6.45, 7) is 4.47. The third-order valence-corrected chi connectivity index (χ3v) is 3.84. The van der Waals surface area contributed by atoms with E-state index in [1.165, 1.54) is 0 Å². The Kier molecular flexibility index (Phi) is 3.92. The first kappa shape index (κ1) is 14.1. The molecule has 0 radical (unpaired) electrons. The van der Waals surface area contributed by atoms with E-state index in [0.717, 1.165) is 41.9 Å². The minimum Gasteiger partial charge on any atom is -0.440 e. The Labute approximate surface area is 124 Å². The first-order valence-electron chi connectivity index (χ1n) is 7.59. The summed E-state index contributed by atoms with van der Waals surface area (Å²) in [5.41, 5.74) is 2.35. The highest BCUT2D eigenvalue weighted by Gasteiger charge is 2.28. The molecule has 5 nitrogen and oxygen atoms in total. The van der Waals surface area contributed by atoms with Gasteiger partial charge in [0.15, 0.2) is 11.5 Å². The standard InChI is InChI=1S/C16H21N3O2/c1-3-10(2)17-9-15(20)18-12-6-7-14-13(8-12)19-16(21-14)11-4-5-11/h6-8,10-11,17H,3-5,9H2,1-2H3,(H,18,20). The predicted molar refractivity (Wildman–Crippen MR) is 82.4 cm³/mol. The smallest absolute Gasteiger partial charge is 0.238 e. The average molecular weight is 287 g/mol. The van der Waals surface area contributed by atoms with Crippen LogP contribution in [0.5, 0.6) is 0 Å². The van der Waals surface area contributed by atoms with Crippen molar-refractivity contribution in [1.29, 1.82) is 0 Å². The van der Waals surface area contributed by atoms with E-state index >= 15 is 0 Å². The van der Waals surface area contributed by atoms with Crippen LogP contribution in [0.25, 0.3) is 11.1 Å². The van der Waals surface area contributed by atoms with E-state index < -0.39 is 0 Å². The van der Waals surface area contributed by atoms with Crippen molar-refractivity contribution in [2.24, 2.45) is 0 Å². The van der Waals surface area contributed by atoms with Gasteiger partial charge in [-0.3, -0.25) is 4.79 Å². The van der Waals surface area contributed by atoms with Gasteiger partial charge in [0.1, 0.15) is 5.52 Å². The van der Waals surface area contributed by atoms with Gasteiger partial charge in [0.25, 0.3) is 0 Å². The van der Waals surface area contributed by atoms with Crippen molar-refractivity contribution in [1.82, 2.24) is 10.3 Å². The van der Waals surface area contributed by atoms with Crippen molar-refractivity contribution in [2.45, 2.75) is 45.1 Å². The number of carbonyl (C=O) groups excluding carboxylic acids is 1. The zero-order valence-electron chi connectivity index (χ0n) is 12.5. The first-order valence-corrected chi connectivity index (χ1v) is 7.59. The number of benzene rings is 1. The summed E-state index contributed by atoms with van der Waals surface area (Å²) in [6.07, 6.45) is 3.33. The molecule has 1 atom stereocenters. The monoisotopic (exact) mass is 287 g/mol. The molecule has 1 aromatic heterocycles. The van der Waals surface area contributed by atoms with E-state index in [2.05, 4.69) is 29.5 Å². The van der Waals surface area contributed by atoms with Crippen LogP contribution in [0.2, 0.25) is 0 Å². The van der Waals surface area contributed by atoms with Gasteiger partial charge in [0, 0.05) is 17.6 Å². The maximum atomic E-state index is 11.9. The van der Waals surface area contributed by atoms with E-state index in [0.29, 0.717) is 18.5 Å². The highest BCUT2D eigenvalue weighted by atomic mass is 16.3. The Morgan fingerprint density at radius 1 is 1.48 bits per heavy atom. The zero-order valence-corrected chi connectivity index (χ0v) is 12.5. The SMILES string of the molecule is CCC(C)NCC(=O)Nc1ccc2oc(C3CC3)nc2c1. The molecular formula is C16H21N3O2. The third kappa shape index (κ3) is 3.42. The number of nitrogens with one attached hydrogen (secondary N) is 2. The molecule has 1 heterocycles. The summed E-state index contributed by atoms with van der Waals surface area (Å²) >= 11 is 0. The molecule has 21 heavy (non-hydrogen) atoms. The molecule has 0 saturated heterocycles. The van der Waals surface area contributed by atoms with Gasteiger partial charge in [-0.1, -0.05) is 6.92 Å². The quantitative estimate of drug-likeness (QED) is 0.857. The predicted octanol–water partition coefficient (Wildman–Crippen LogP) is 3.03. The minimum atomic E-state index is -0.0411. The molecule has 2 aromatic rings. The number of hydrogen-bond acceptors (Lipinski definition) is 4. The number of rotatable bonds is 6. The Bertz CT molecular complexity index is 646. The molecule has 1 aliphatic rings. The largest absolute Gasteiger partial charge is 0.440 e. The van der Waals surface area contributed by atoms with Crippen LogP contribution < -0.4 is 10.6 Å². The molecule has 1 aliphatic carbocycles. The van der Waals surface area contributed by atoms with Crippen molar-refractivity contribution in [2.75, 3.05) is 11.9 Å². The number of aromatic nitrogens is 1. The molecule has 1 amide bonds. The van der Waals surface area contributed by atoms with Crippen LogP contribution in [0.3, 0.4) is 0 Å². The molecule has 1 fully saturated rings. The molecular weight excluding hydrogens is 266 g/mol. The van der Waals surface area contributed by atoms with Crippen LogP contribution in [-0.2, 0) is 4.79 Å². The number of oxazole rings is 1. The second-order valence-electron chi connectivity index (χ2n) is 5.75. The summed E-state index contributed by atoms with van der Waals surface area (Å²) in [7, 11) is 0. The lowest BCUT2D eigenvalue weighted by atomic mass is 10.2. The Hall–Kier alpha value is -1.88. The lowest BCUT2D eigenvalue weighted by Gasteiger charge is -2.11. The van der Waals surface area contributed by atoms with Crippen LogP contribution in [0.1, 0.15) is 44.9 Å². The van der Waals surface area contributed by atoms with E-state index in [9.17, 15) is 4.79 Å². The van der Waals surface area contributed by atoms with Gasteiger partial charge in [0.05, 0.1) is 6.54 Å². The van der Waals surface area contributed by atoms with E-state index in [-0.39, 0.29) is 5.91 Å². The second-order valence-corrected chi connectivity index (χ2v) is 5.75. The van der Waals surface area contributed by atoms with Crippen LogP contribution in [0.4, 0.5) is 5.69 Å². The summed E-state index contributed by atoms with van der Waals surface area (Å²) in [6, 6.07) is 5.93. The number of carbonyl (C=O) groups is 1. The second kappa shape index (κ2) is 5.85. The van der Waals surface area contributed by atoms with Gasteiger partial charge in [0.2, 0.25) is 5.91 Å². The zero-order chi connectivity index (χ0) is 14.8. The first-order chi connectivity index (χ1) is 10.2. The molecule has 1 aromatic carbocycles. The van der Waals surface area contributed by atoms with Crippen molar-refractivity contribution in [3.8, 4) is 0 Å². The third-order valence-electron chi connectivity index (χ3n) is 3.84. The van der Waals surface area contributed by atoms with Gasteiger partial charge in [-0.2, -0.15) is 0 Å². The average Bonchev–Trinajstić information content (AvgIpc) is 3.24. The Balaban J connectivity index is 1.65. The fraction of sp³-hybridized carbons (Fsp3) is 0.500. The summed E-state index contributed by atoms with van der Waals surface area (Å²) in [5.74, 6) is 1.28. The number of hydrogen-bond donors (Lipinski definition) is 2. The Morgan fingerprint density at radius 2 is 2.29 bits per heavy atom. The maximum absolute atomic E-state index is 11.9. The maximum Gasteiger partial charge on any atom is 0.238 e. The molecule has 0 bridgehead atoms. The van der Waals surface area contributed by atoms with E-state index in [1.54, 1.807) is 0 Å². The van der Waals surface area contributed by atoms with Gasteiger partial charge < -0.3 is 15.1 Å². The normalized spacial score (nSPS) is 16.1. The highest BCUT2D eigenvalue weighted by molar-refractivity contribution is 5.94. The fourth-order valence-electron chi connectivity index (χ4n) is 2.14. The number of nitrogens with zero attached hydrogens (tertiary/aromatic N) is 1. The van der Waals surface area contributed by atoms with E-state index in [4.69, 9.17) is 4.42 Å². The summed E-state index contributed by atoms with van der Waals surface area (Å²) in [5, 5.41) is 6.06. The summed E-state index contributed by atoms with van der Waals surface area (Å²) in [4.78, 5) is 16.4. The summed E-state index contributed by atoms with van der Waals surface area (Å²) < 4.78 is 5.71. The lowest BCUT2D eigenvalue weighted by molar-refractivity contribution is -0.115. The molecule has 1 saturated carbocycles. The molecule has 2 N–H and O–H groups in total. The van der Waals surface area contributed by atoms with Crippen LogP contribution >= 0.6 is 0 Å². The fourth-order valence-corrected chi connectivity index (χ4v) is 2.14. The molecule has 1 unspecified atom stereocenters. The van der Waals surface area contributed by atoms with Gasteiger partial charge in [-0.15, -0.1) is 0 Å². The van der Waals surface area contributed by atoms with Crippen molar-refractivity contribution >= 4 is 22.7 Å². The number of amides is 1. The molecule has 0 spiro atoms. The molecule has 112 valence electrons. The topological polar surface area (TPSA) is 67.2 Å². The van der Waals surface area contributed by atoms with Crippen LogP contribution in [-0.4, -0.2) is 23.5 Å². The van der Waals surface area contributed by atoms with Gasteiger partial charge in [-0.25, -0.2) is 4.98 Å². The molecule has 0 aliphatic heterocycles. The van der Waals surface area contributed by atoms with Gasteiger partial charge in [-0.05, 0) is 44.4 Å². The number of anilines is 1. The molecule has 5 heteroatoms. The lowest BCUT2D eigenvalue weighted by Crippen LogP contribution is -2.33. The number of fused-ring (bicyclic) bond motifs is 1. The van der Waals surface area contributed by atoms with Crippen molar-refractivity contribution < 1.29 is 9.21 Å². The minimum absolute atomic E-state index is 0.0411. The Morgan fingerprint density at radius 3 is 3.00 bits per heavy atom. The van der Waals surface area contributed by atoms with Gasteiger partial charge >= 0.3 is 0 Å². The van der Waals surface area contributed by atoms with Crippen molar-refractivity contribution in [3.05, 3.63) is 24.1 Å². The van der Waals surface area contributed by atoms with E-state index in [1.807, 2.05) is 18.2 Å². The highest BCUT2D eigenvalue weighted by Crippen LogP contribution is 2.40. The van der Waals surface area contributed by atoms with Crippen molar-refractivity contribution in [3.63, 3.8) is 0 Å². The molecule has 3 rings (SSSR count). The van der Waals surface area contributed by atoms with Crippen LogP contribution in [0, 0.1) is 0 Å². The van der Waals surface area contributed by atoms with Crippen LogP contribution in [0.15, 0.2) is 22.6 Å².